The average molecular weight is 316 g/mol. The van der Waals surface area contributed by atoms with E-state index in [-0.39, 0.29) is 12.3 Å². The fraction of sp³-hybridized carbons (Fsp3) is 0.188. The van der Waals surface area contributed by atoms with Crippen molar-refractivity contribution in [1.82, 2.24) is 0 Å². The second-order valence-electron chi connectivity index (χ2n) is 4.54. The summed E-state index contributed by atoms with van der Waals surface area (Å²) in [4.78, 5) is 14.8. The summed E-state index contributed by atoms with van der Waals surface area (Å²) in [5, 5.41) is 14.3. The molecule has 0 amide bonds. The molecule has 23 heavy (non-hydrogen) atoms. The molecule has 0 unspecified atom stereocenters. The van der Waals surface area contributed by atoms with Crippen LogP contribution in [0.25, 0.3) is 0 Å². The minimum atomic E-state index is -0.438. The van der Waals surface area contributed by atoms with Crippen molar-refractivity contribution < 1.29 is 19.2 Å². The quantitative estimate of drug-likeness (QED) is 0.445. The molecule has 0 aliphatic heterocycles. The molecule has 0 bridgehead atoms. The van der Waals surface area contributed by atoms with Crippen LogP contribution in [0.15, 0.2) is 47.6 Å². The van der Waals surface area contributed by atoms with Crippen LogP contribution in [0.3, 0.4) is 0 Å². The summed E-state index contributed by atoms with van der Waals surface area (Å²) in [7, 11) is 3.02. The van der Waals surface area contributed by atoms with Crippen molar-refractivity contribution in [2.24, 2.45) is 5.16 Å². The number of nitro groups is 1. The number of benzene rings is 2. The highest BCUT2D eigenvalue weighted by molar-refractivity contribution is 5.80. The van der Waals surface area contributed by atoms with E-state index in [0.29, 0.717) is 11.5 Å². The summed E-state index contributed by atoms with van der Waals surface area (Å²) in [5.74, 6) is 1.13. The number of methoxy groups -OCH3 is 1. The summed E-state index contributed by atoms with van der Waals surface area (Å²) in [6, 6.07) is 11.5. The number of oxime groups is 1. The van der Waals surface area contributed by atoms with Gasteiger partial charge in [-0.15, -0.1) is 0 Å². The average Bonchev–Trinajstić information content (AvgIpc) is 2.58. The van der Waals surface area contributed by atoms with Gasteiger partial charge < -0.3 is 14.3 Å². The maximum atomic E-state index is 10.6. The van der Waals surface area contributed by atoms with Crippen molar-refractivity contribution in [1.29, 1.82) is 0 Å². The van der Waals surface area contributed by atoms with Crippen molar-refractivity contribution in [2.45, 2.75) is 6.61 Å². The third-order valence-electron chi connectivity index (χ3n) is 3.04. The lowest BCUT2D eigenvalue weighted by atomic mass is 10.2. The van der Waals surface area contributed by atoms with E-state index in [2.05, 4.69) is 9.99 Å². The van der Waals surface area contributed by atoms with Gasteiger partial charge in [0, 0.05) is 17.7 Å². The van der Waals surface area contributed by atoms with Crippen LogP contribution < -0.4 is 9.47 Å². The predicted molar refractivity (Wildman–Crippen MR) is 85.0 cm³/mol. The lowest BCUT2D eigenvalue weighted by Crippen LogP contribution is -1.99. The van der Waals surface area contributed by atoms with Crippen LogP contribution in [0.2, 0.25) is 0 Å². The van der Waals surface area contributed by atoms with Gasteiger partial charge in [0.05, 0.1) is 18.2 Å². The van der Waals surface area contributed by atoms with Crippen molar-refractivity contribution >= 4 is 11.9 Å². The highest BCUT2D eigenvalue weighted by Crippen LogP contribution is 2.28. The Labute approximate surface area is 133 Å². The minimum absolute atomic E-state index is 0.0455. The first-order chi connectivity index (χ1) is 11.1. The SMILES string of the molecule is CO/N=C/c1ccc(OC)c(OCc2ccc([N+](=O)[O-])cc2)c1. The third-order valence-corrected chi connectivity index (χ3v) is 3.04. The fourth-order valence-electron chi connectivity index (χ4n) is 1.87. The van der Waals surface area contributed by atoms with Crippen LogP contribution in [-0.4, -0.2) is 25.4 Å². The molecule has 2 rings (SSSR count). The van der Waals surface area contributed by atoms with Gasteiger partial charge in [-0.25, -0.2) is 0 Å². The largest absolute Gasteiger partial charge is 0.493 e. The summed E-state index contributed by atoms with van der Waals surface area (Å²) in [5.41, 5.74) is 1.66. The lowest BCUT2D eigenvalue weighted by molar-refractivity contribution is -0.384. The number of non-ortho nitro benzene ring substituents is 1. The first-order valence-electron chi connectivity index (χ1n) is 6.74. The molecule has 0 saturated heterocycles. The molecular formula is C16H16N2O5. The van der Waals surface area contributed by atoms with Gasteiger partial charge in [-0.1, -0.05) is 5.16 Å². The second-order valence-corrected chi connectivity index (χ2v) is 4.54. The number of nitro benzene ring substituents is 1. The van der Waals surface area contributed by atoms with E-state index in [1.165, 1.54) is 19.2 Å². The van der Waals surface area contributed by atoms with Gasteiger partial charge in [0.15, 0.2) is 11.5 Å². The zero-order chi connectivity index (χ0) is 16.7. The molecule has 0 fully saturated rings. The first-order valence-corrected chi connectivity index (χ1v) is 6.74. The molecule has 0 N–H and O–H groups in total. The fourth-order valence-corrected chi connectivity index (χ4v) is 1.87. The number of ether oxygens (including phenoxy) is 2. The Balaban J connectivity index is 2.11. The van der Waals surface area contributed by atoms with Gasteiger partial charge in [0.2, 0.25) is 0 Å². The van der Waals surface area contributed by atoms with Crippen LogP contribution in [-0.2, 0) is 11.4 Å². The minimum Gasteiger partial charge on any atom is -0.493 e. The van der Waals surface area contributed by atoms with Gasteiger partial charge in [-0.05, 0) is 35.9 Å². The van der Waals surface area contributed by atoms with E-state index in [1.54, 1.807) is 37.6 Å². The Bertz CT molecular complexity index is 698. The van der Waals surface area contributed by atoms with Crippen LogP contribution >= 0.6 is 0 Å². The van der Waals surface area contributed by atoms with Gasteiger partial charge in [-0.3, -0.25) is 10.1 Å². The van der Waals surface area contributed by atoms with Gasteiger partial charge in [0.25, 0.3) is 5.69 Å². The van der Waals surface area contributed by atoms with Gasteiger partial charge in [-0.2, -0.15) is 0 Å². The number of hydrogen-bond acceptors (Lipinski definition) is 6. The van der Waals surface area contributed by atoms with E-state index in [0.717, 1.165) is 11.1 Å². The maximum Gasteiger partial charge on any atom is 0.269 e. The topological polar surface area (TPSA) is 83.2 Å². The van der Waals surface area contributed by atoms with E-state index < -0.39 is 4.92 Å². The second kappa shape index (κ2) is 7.79. The van der Waals surface area contributed by atoms with E-state index in [4.69, 9.17) is 9.47 Å². The van der Waals surface area contributed by atoms with Crippen LogP contribution in [0, 0.1) is 10.1 Å². The van der Waals surface area contributed by atoms with Crippen molar-refractivity contribution in [3.8, 4) is 11.5 Å². The number of hydrogen-bond donors (Lipinski definition) is 0. The van der Waals surface area contributed by atoms with Crippen LogP contribution in [0.1, 0.15) is 11.1 Å². The molecule has 2 aromatic rings. The molecule has 0 radical (unpaired) electrons. The van der Waals surface area contributed by atoms with E-state index in [1.807, 2.05) is 6.07 Å². The molecule has 0 aliphatic rings. The Morgan fingerprint density at radius 2 is 1.87 bits per heavy atom. The molecule has 2 aromatic carbocycles. The Morgan fingerprint density at radius 3 is 2.48 bits per heavy atom. The molecule has 0 aliphatic carbocycles. The summed E-state index contributed by atoms with van der Waals surface area (Å²) >= 11 is 0. The van der Waals surface area contributed by atoms with Crippen molar-refractivity contribution in [2.75, 3.05) is 14.2 Å². The summed E-state index contributed by atoms with van der Waals surface area (Å²) in [6.07, 6.45) is 1.55. The highest BCUT2D eigenvalue weighted by Gasteiger charge is 2.07. The zero-order valence-corrected chi connectivity index (χ0v) is 12.8. The van der Waals surface area contributed by atoms with Crippen molar-refractivity contribution in [3.05, 3.63) is 63.7 Å². The third kappa shape index (κ3) is 4.44. The predicted octanol–water partition coefficient (Wildman–Crippen LogP) is 3.16. The number of nitrogens with zero attached hydrogens (tertiary/aromatic N) is 2. The van der Waals surface area contributed by atoms with Crippen molar-refractivity contribution in [3.63, 3.8) is 0 Å². The molecule has 7 heteroatoms. The molecule has 0 atom stereocenters. The van der Waals surface area contributed by atoms with Crippen LogP contribution in [0.5, 0.6) is 11.5 Å². The summed E-state index contributed by atoms with van der Waals surface area (Å²) in [6.45, 7) is 0.263. The summed E-state index contributed by atoms with van der Waals surface area (Å²) < 4.78 is 11.0. The normalized spacial score (nSPS) is 10.5. The van der Waals surface area contributed by atoms with E-state index in [9.17, 15) is 10.1 Å². The zero-order valence-electron chi connectivity index (χ0n) is 12.8. The van der Waals surface area contributed by atoms with Gasteiger partial charge >= 0.3 is 0 Å². The smallest absolute Gasteiger partial charge is 0.269 e. The standard InChI is InChI=1S/C16H16N2O5/c1-21-15-8-5-13(10-17-22-2)9-16(15)23-11-12-3-6-14(7-4-12)18(19)20/h3-10H,11H2,1-2H3/b17-10+. The number of rotatable bonds is 7. The van der Waals surface area contributed by atoms with Gasteiger partial charge in [0.1, 0.15) is 13.7 Å². The molecular weight excluding hydrogens is 300 g/mol. The molecule has 0 saturated carbocycles. The molecule has 120 valence electrons. The molecule has 7 nitrogen and oxygen atoms in total. The lowest BCUT2D eigenvalue weighted by Gasteiger charge is -2.11. The maximum absolute atomic E-state index is 10.6. The monoisotopic (exact) mass is 316 g/mol. The molecule has 0 spiro atoms. The highest BCUT2D eigenvalue weighted by atomic mass is 16.6. The molecule has 0 heterocycles. The Morgan fingerprint density at radius 1 is 1.13 bits per heavy atom. The Kier molecular flexibility index (Phi) is 5.51. The van der Waals surface area contributed by atoms with E-state index >= 15 is 0 Å². The van der Waals surface area contributed by atoms with Crippen LogP contribution in [0.4, 0.5) is 5.69 Å². The Hall–Kier alpha value is -3.09. The first kappa shape index (κ1) is 16.3. The molecule has 0 aromatic heterocycles.